The van der Waals surface area contributed by atoms with Gasteiger partial charge in [0.05, 0.1) is 11.1 Å². The number of benzene rings is 1. The number of pyridine rings is 1. The number of halogens is 2. The normalized spacial score (nSPS) is 16.4. The van der Waals surface area contributed by atoms with Crippen LogP contribution in [0.25, 0.3) is 0 Å². The summed E-state index contributed by atoms with van der Waals surface area (Å²) in [5.41, 5.74) is -0.587. The maximum atomic E-state index is 14.4. The Hall–Kier alpha value is -4.19. The van der Waals surface area contributed by atoms with Crippen LogP contribution in [0.1, 0.15) is 78.1 Å². The molecule has 1 aromatic carbocycles. The van der Waals surface area contributed by atoms with E-state index in [-0.39, 0.29) is 35.7 Å². The molecule has 2 aromatic rings. The fourth-order valence-corrected chi connectivity index (χ4v) is 4.88. The zero-order valence-corrected chi connectivity index (χ0v) is 28.1. The molecule has 250 valence electrons. The van der Waals surface area contributed by atoms with Gasteiger partial charge in [0.2, 0.25) is 0 Å². The molecule has 1 aliphatic carbocycles. The minimum atomic E-state index is -2.02. The van der Waals surface area contributed by atoms with Crippen molar-refractivity contribution in [3.8, 4) is 0 Å². The van der Waals surface area contributed by atoms with E-state index in [4.69, 9.17) is 4.74 Å². The molecule has 46 heavy (non-hydrogen) atoms. The van der Waals surface area contributed by atoms with Gasteiger partial charge in [-0.2, -0.15) is 0 Å². The Labute approximate surface area is 270 Å². The zero-order valence-electron chi connectivity index (χ0n) is 28.1. The molecule has 0 unspecified atom stereocenters. The van der Waals surface area contributed by atoms with Crippen LogP contribution in [0.5, 0.6) is 0 Å². The highest BCUT2D eigenvalue weighted by atomic mass is 19.1. The lowest BCUT2D eigenvalue weighted by Gasteiger charge is -2.44. The molecular formula is C34H47F2N7O3. The van der Waals surface area contributed by atoms with Crippen LogP contribution < -0.4 is 16.0 Å². The maximum absolute atomic E-state index is 14.4. The van der Waals surface area contributed by atoms with Gasteiger partial charge in [-0.3, -0.25) is 14.7 Å². The first-order chi connectivity index (χ1) is 21.5. The second kappa shape index (κ2) is 14.9. The lowest BCUT2D eigenvalue weighted by molar-refractivity contribution is -0.104. The van der Waals surface area contributed by atoms with E-state index in [2.05, 4.69) is 37.6 Å². The monoisotopic (exact) mass is 639 g/mol. The van der Waals surface area contributed by atoms with Crippen molar-refractivity contribution in [2.45, 2.75) is 90.6 Å². The highest BCUT2D eigenvalue weighted by molar-refractivity contribution is 6.19. The van der Waals surface area contributed by atoms with E-state index in [1.54, 1.807) is 4.90 Å². The Morgan fingerprint density at radius 3 is 2.43 bits per heavy atom. The van der Waals surface area contributed by atoms with Crippen LogP contribution in [0.3, 0.4) is 0 Å². The number of ether oxygens (including phenoxy) is 1. The number of rotatable bonds is 9. The third kappa shape index (κ3) is 9.90. The fraction of sp³-hybridized carbons (Fsp3) is 0.500. The number of aromatic nitrogens is 1. The number of alkyl halides is 1. The number of nitrogens with zero attached hydrogens (tertiary/aromatic N) is 4. The van der Waals surface area contributed by atoms with Crippen molar-refractivity contribution in [2.24, 2.45) is 9.98 Å². The number of amidine groups is 1. The van der Waals surface area contributed by atoms with E-state index in [1.165, 1.54) is 39.0 Å². The van der Waals surface area contributed by atoms with Gasteiger partial charge in [-0.1, -0.05) is 6.07 Å². The van der Waals surface area contributed by atoms with Crippen LogP contribution in [0, 0.1) is 5.82 Å². The van der Waals surface area contributed by atoms with Crippen molar-refractivity contribution in [3.05, 3.63) is 64.7 Å². The van der Waals surface area contributed by atoms with E-state index >= 15 is 0 Å². The molecule has 0 bridgehead atoms. The smallest absolute Gasteiger partial charge is 0.411 e. The zero-order chi connectivity index (χ0) is 34.3. The largest absolute Gasteiger partial charge is 0.444 e. The van der Waals surface area contributed by atoms with Gasteiger partial charge >= 0.3 is 6.09 Å². The lowest BCUT2D eigenvalue weighted by atomic mass is 9.83. The third-order valence-electron chi connectivity index (χ3n) is 7.45. The molecule has 4 rings (SSSR count). The summed E-state index contributed by atoms with van der Waals surface area (Å²) in [5, 5.41) is 9.21. The van der Waals surface area contributed by atoms with Crippen molar-refractivity contribution in [3.63, 3.8) is 0 Å². The fourth-order valence-electron chi connectivity index (χ4n) is 4.88. The lowest BCUT2D eigenvalue weighted by Crippen LogP contribution is -2.51. The van der Waals surface area contributed by atoms with Gasteiger partial charge in [0.15, 0.2) is 6.29 Å². The van der Waals surface area contributed by atoms with E-state index in [9.17, 15) is 18.4 Å². The summed E-state index contributed by atoms with van der Waals surface area (Å²) in [7, 11) is 2.01. The minimum absolute atomic E-state index is 0.0551. The SMILES string of the molecule is C=N/C=C(C=O)\C(=N/CNc1ccc2c(c1)CCN(C(=O)OC(C)(C)C)C2(C)C)Nc1ccc(F)c(C(C)(C)F)n1.CNC1CC1. The van der Waals surface area contributed by atoms with Crippen LogP contribution >= 0.6 is 0 Å². The number of fused-ring (bicyclic) bond motifs is 1. The first-order valence-corrected chi connectivity index (χ1v) is 15.3. The molecule has 0 saturated heterocycles. The number of hydrogen-bond acceptors (Lipinski definition) is 8. The van der Waals surface area contributed by atoms with Gasteiger partial charge in [-0.25, -0.2) is 23.6 Å². The molecule has 1 aliphatic heterocycles. The number of hydrogen-bond donors (Lipinski definition) is 3. The first-order valence-electron chi connectivity index (χ1n) is 15.3. The first kappa shape index (κ1) is 36.3. The quantitative estimate of drug-likeness (QED) is 0.124. The van der Waals surface area contributed by atoms with E-state index in [1.807, 2.05) is 59.9 Å². The molecule has 12 heteroatoms. The molecule has 2 aliphatic rings. The molecule has 10 nitrogen and oxygen atoms in total. The van der Waals surface area contributed by atoms with E-state index in [0.717, 1.165) is 28.9 Å². The number of carbonyl (C=O) groups is 2. The Morgan fingerprint density at radius 2 is 1.89 bits per heavy atom. The van der Waals surface area contributed by atoms with Gasteiger partial charge in [0, 0.05) is 24.5 Å². The van der Waals surface area contributed by atoms with Gasteiger partial charge in [-0.15, -0.1) is 0 Å². The highest BCUT2D eigenvalue weighted by Crippen LogP contribution is 2.37. The minimum Gasteiger partial charge on any atom is -0.444 e. The van der Waals surface area contributed by atoms with Crippen molar-refractivity contribution in [2.75, 3.05) is 30.9 Å². The summed E-state index contributed by atoms with van der Waals surface area (Å²) < 4.78 is 34.2. The average Bonchev–Trinajstić information content (AvgIpc) is 3.80. The van der Waals surface area contributed by atoms with E-state index < -0.39 is 22.6 Å². The number of carbonyl (C=O) groups excluding carboxylic acids is 2. The van der Waals surface area contributed by atoms with Crippen molar-refractivity contribution in [1.82, 2.24) is 15.2 Å². The Balaban J connectivity index is 0.00000105. The van der Waals surface area contributed by atoms with Crippen molar-refractivity contribution in [1.29, 1.82) is 0 Å². The van der Waals surface area contributed by atoms with Crippen molar-refractivity contribution >= 4 is 36.4 Å². The average molecular weight is 640 g/mol. The molecule has 0 radical (unpaired) electrons. The summed E-state index contributed by atoms with van der Waals surface area (Å²) in [4.78, 5) is 38.4. The molecule has 1 fully saturated rings. The second-order valence-electron chi connectivity index (χ2n) is 13.2. The molecule has 1 amide bonds. The standard InChI is InChI=1S/C30H38F2N6O3.C4H9N/c1-28(2,3)41-27(40)38-14-13-19-15-21(9-10-22(19)30(38,6)7)34-18-35-26(20(17-39)16-33-8)37-24-12-11-23(31)25(36-24)29(4,5)32;1-5-4-2-3-4/h9-12,15-17,34H,8,13-14,18H2,1-7H3,(H,35,36,37);4-5H,2-3H2,1H3/b20-16-;. The summed E-state index contributed by atoms with van der Waals surface area (Å²) in [6, 6.07) is 9.17. The van der Waals surface area contributed by atoms with Crippen LogP contribution in [0.2, 0.25) is 0 Å². The van der Waals surface area contributed by atoms with Crippen LogP contribution in [0.15, 0.2) is 52.1 Å². The maximum Gasteiger partial charge on any atom is 0.411 e. The molecule has 2 heterocycles. The predicted molar refractivity (Wildman–Crippen MR) is 180 cm³/mol. The van der Waals surface area contributed by atoms with Crippen LogP contribution in [-0.4, -0.2) is 66.7 Å². The second-order valence-corrected chi connectivity index (χ2v) is 13.2. The predicted octanol–water partition coefficient (Wildman–Crippen LogP) is 6.49. The van der Waals surface area contributed by atoms with Gasteiger partial charge < -0.3 is 20.7 Å². The molecule has 3 N–H and O–H groups in total. The summed E-state index contributed by atoms with van der Waals surface area (Å²) in [6.07, 6.45) is 4.86. The number of amides is 1. The van der Waals surface area contributed by atoms with E-state index in [0.29, 0.717) is 19.3 Å². The topological polar surface area (TPSA) is 120 Å². The summed E-state index contributed by atoms with van der Waals surface area (Å²) in [5.74, 6) is -0.589. The number of aliphatic imine (C=N–C) groups is 2. The molecular weight excluding hydrogens is 592 g/mol. The molecule has 0 spiro atoms. The Kier molecular flexibility index (Phi) is 11.8. The summed E-state index contributed by atoms with van der Waals surface area (Å²) >= 11 is 0. The molecule has 1 saturated carbocycles. The third-order valence-corrected chi connectivity index (χ3v) is 7.45. The number of anilines is 2. The molecule has 0 atom stereocenters. The summed E-state index contributed by atoms with van der Waals surface area (Å²) in [6.45, 7) is 15.9. The van der Waals surface area contributed by atoms with Crippen LogP contribution in [-0.2, 0) is 27.2 Å². The highest BCUT2D eigenvalue weighted by Gasteiger charge is 2.39. The number of aldehydes is 1. The Morgan fingerprint density at radius 1 is 1.20 bits per heavy atom. The van der Waals surface area contributed by atoms with Gasteiger partial charge in [-0.05, 0) is 117 Å². The van der Waals surface area contributed by atoms with Gasteiger partial charge in [0.1, 0.15) is 41.1 Å². The molecule has 1 aromatic heterocycles. The number of nitrogens with one attached hydrogen (secondary N) is 3. The Bertz CT molecular complexity index is 1470. The van der Waals surface area contributed by atoms with Gasteiger partial charge in [0.25, 0.3) is 0 Å². The van der Waals surface area contributed by atoms with Crippen LogP contribution in [0.4, 0.5) is 25.1 Å². The van der Waals surface area contributed by atoms with Crippen molar-refractivity contribution < 1.29 is 23.1 Å².